The van der Waals surface area contributed by atoms with Crippen LogP contribution in [0.25, 0.3) is 0 Å². The Balaban J connectivity index is 1.34. The molecule has 0 radical (unpaired) electrons. The second-order valence-electron chi connectivity index (χ2n) is 7.59. The van der Waals surface area contributed by atoms with Gasteiger partial charge >= 0.3 is 0 Å². The van der Waals surface area contributed by atoms with Gasteiger partial charge in [-0.15, -0.1) is 0 Å². The Labute approximate surface area is 125 Å². The Morgan fingerprint density at radius 3 is 1.86 bits per heavy atom. The molecule has 2 nitrogen and oxygen atoms in total. The smallest absolute Gasteiger partial charge is 0.183 e. The molecule has 1 aliphatic heterocycles. The van der Waals surface area contributed by atoms with Crippen molar-refractivity contribution in [3.05, 3.63) is 48.0 Å². The molecule has 4 fully saturated rings. The molecule has 108 valence electrons. The van der Waals surface area contributed by atoms with Crippen molar-refractivity contribution in [2.24, 2.45) is 47.3 Å². The lowest BCUT2D eigenvalue weighted by Gasteiger charge is -2.78. The maximum Gasteiger partial charge on any atom is 0.183 e. The summed E-state index contributed by atoms with van der Waals surface area (Å²) in [4.78, 5) is 0. The van der Waals surface area contributed by atoms with Crippen LogP contribution < -0.4 is 0 Å². The molecule has 0 aromatic heterocycles. The molecular formula is C19H20O2. The van der Waals surface area contributed by atoms with Crippen LogP contribution in [0.2, 0.25) is 0 Å². The Morgan fingerprint density at radius 1 is 0.714 bits per heavy atom. The number of fused-ring (bicyclic) bond motifs is 2. The minimum Gasteiger partial charge on any atom is -0.348 e. The average molecular weight is 280 g/mol. The summed E-state index contributed by atoms with van der Waals surface area (Å²) >= 11 is 0. The van der Waals surface area contributed by atoms with Crippen molar-refractivity contribution >= 4 is 0 Å². The van der Waals surface area contributed by atoms with Crippen LogP contribution in [0.1, 0.15) is 11.9 Å². The zero-order chi connectivity index (χ0) is 13.6. The van der Waals surface area contributed by atoms with E-state index in [0.29, 0.717) is 0 Å². The molecule has 1 aromatic rings. The van der Waals surface area contributed by atoms with E-state index in [4.69, 9.17) is 9.47 Å². The minimum atomic E-state index is -0.166. The molecular weight excluding hydrogens is 260 g/mol. The zero-order valence-corrected chi connectivity index (χ0v) is 12.0. The maximum atomic E-state index is 6.21. The first-order valence-corrected chi connectivity index (χ1v) is 8.40. The van der Waals surface area contributed by atoms with Crippen LogP contribution >= 0.6 is 0 Å². The lowest BCUT2D eigenvalue weighted by molar-refractivity contribution is -0.301. The quantitative estimate of drug-likeness (QED) is 0.735. The van der Waals surface area contributed by atoms with Gasteiger partial charge in [0.25, 0.3) is 0 Å². The van der Waals surface area contributed by atoms with Gasteiger partial charge in [0.05, 0.1) is 13.2 Å². The summed E-state index contributed by atoms with van der Waals surface area (Å²) in [6, 6.07) is 10.4. The topological polar surface area (TPSA) is 18.5 Å². The SMILES string of the molecule is C1=C[C@H]2[C@H]3COC(c4ccccc4)OC[C@H]4[C@@H]1[C@@H]1[C@H]2[C@H]3[C@H]41. The molecule has 0 spiro atoms. The Morgan fingerprint density at radius 2 is 1.29 bits per heavy atom. The molecule has 21 heavy (non-hydrogen) atoms. The number of hydrogen-bond donors (Lipinski definition) is 0. The second-order valence-corrected chi connectivity index (χ2v) is 7.59. The second kappa shape index (κ2) is 3.80. The van der Waals surface area contributed by atoms with Gasteiger partial charge in [0.1, 0.15) is 0 Å². The number of allylic oxidation sites excluding steroid dienone is 2. The van der Waals surface area contributed by atoms with E-state index in [1.165, 1.54) is 5.56 Å². The van der Waals surface area contributed by atoms with Gasteiger partial charge in [0.2, 0.25) is 0 Å². The summed E-state index contributed by atoms with van der Waals surface area (Å²) in [5.41, 5.74) is 1.17. The van der Waals surface area contributed by atoms with E-state index in [1.54, 1.807) is 0 Å². The molecule has 0 bridgehead atoms. The van der Waals surface area contributed by atoms with Crippen molar-refractivity contribution in [2.75, 3.05) is 13.2 Å². The van der Waals surface area contributed by atoms with E-state index in [2.05, 4.69) is 42.5 Å². The molecule has 1 aromatic carbocycles. The summed E-state index contributed by atoms with van der Waals surface area (Å²) < 4.78 is 12.4. The van der Waals surface area contributed by atoms with Crippen LogP contribution in [0.5, 0.6) is 0 Å². The molecule has 9 atom stereocenters. The van der Waals surface area contributed by atoms with Gasteiger partial charge in [-0.25, -0.2) is 0 Å². The third-order valence-electron chi connectivity index (χ3n) is 7.15. The Kier molecular flexibility index (Phi) is 2.07. The predicted molar refractivity (Wildman–Crippen MR) is 78.1 cm³/mol. The third-order valence-corrected chi connectivity index (χ3v) is 7.15. The third kappa shape index (κ3) is 1.24. The molecule has 1 unspecified atom stereocenters. The minimum absolute atomic E-state index is 0.166. The first-order chi connectivity index (χ1) is 10.4. The van der Waals surface area contributed by atoms with Crippen molar-refractivity contribution in [1.82, 2.24) is 0 Å². The Hall–Kier alpha value is -1.12. The highest BCUT2D eigenvalue weighted by atomic mass is 16.7. The van der Waals surface area contributed by atoms with Crippen molar-refractivity contribution in [3.8, 4) is 0 Å². The van der Waals surface area contributed by atoms with Gasteiger partial charge < -0.3 is 9.47 Å². The van der Waals surface area contributed by atoms with Gasteiger partial charge in [-0.3, -0.25) is 0 Å². The first kappa shape index (κ1) is 11.4. The molecule has 5 aliphatic rings. The number of rotatable bonds is 1. The van der Waals surface area contributed by atoms with Crippen molar-refractivity contribution in [3.63, 3.8) is 0 Å². The van der Waals surface area contributed by atoms with Gasteiger partial charge in [-0.05, 0) is 47.3 Å². The highest BCUT2D eigenvalue weighted by Gasteiger charge is 2.75. The predicted octanol–water partition coefficient (Wildman–Crippen LogP) is 3.27. The largest absolute Gasteiger partial charge is 0.348 e. The molecule has 0 amide bonds. The highest BCUT2D eigenvalue weighted by molar-refractivity contribution is 5.31. The van der Waals surface area contributed by atoms with Gasteiger partial charge in [0, 0.05) is 5.56 Å². The highest BCUT2D eigenvalue weighted by Crippen LogP contribution is 2.78. The van der Waals surface area contributed by atoms with Crippen LogP contribution in [0.15, 0.2) is 42.5 Å². The van der Waals surface area contributed by atoms with Crippen LogP contribution in [0.4, 0.5) is 0 Å². The molecule has 6 rings (SSSR count). The molecule has 1 saturated heterocycles. The summed E-state index contributed by atoms with van der Waals surface area (Å²) in [6.07, 6.45) is 4.87. The fourth-order valence-electron chi connectivity index (χ4n) is 6.33. The van der Waals surface area contributed by atoms with E-state index in [9.17, 15) is 0 Å². The van der Waals surface area contributed by atoms with Gasteiger partial charge in [-0.2, -0.15) is 0 Å². The lowest BCUT2D eigenvalue weighted by Crippen LogP contribution is -2.76. The molecule has 1 heterocycles. The summed E-state index contributed by atoms with van der Waals surface area (Å²) in [7, 11) is 0. The fourth-order valence-corrected chi connectivity index (χ4v) is 6.33. The number of ether oxygens (including phenoxy) is 2. The van der Waals surface area contributed by atoms with Crippen LogP contribution in [0.3, 0.4) is 0 Å². The van der Waals surface area contributed by atoms with Crippen LogP contribution in [0, 0.1) is 47.3 Å². The molecule has 2 heteroatoms. The first-order valence-electron chi connectivity index (χ1n) is 8.40. The summed E-state index contributed by atoms with van der Waals surface area (Å²) in [5.74, 6) is 7.03. The van der Waals surface area contributed by atoms with E-state index in [0.717, 1.165) is 60.6 Å². The van der Waals surface area contributed by atoms with Crippen molar-refractivity contribution < 1.29 is 9.47 Å². The van der Waals surface area contributed by atoms with E-state index in [-0.39, 0.29) is 6.29 Å². The normalized spacial score (nSPS) is 55.1. The number of benzene rings is 1. The van der Waals surface area contributed by atoms with Crippen LogP contribution in [-0.2, 0) is 9.47 Å². The average Bonchev–Trinajstić information content (AvgIpc) is 2.51. The lowest BCUT2D eigenvalue weighted by atomic mass is 9.26. The van der Waals surface area contributed by atoms with Crippen molar-refractivity contribution in [1.29, 1.82) is 0 Å². The van der Waals surface area contributed by atoms with E-state index < -0.39 is 0 Å². The monoisotopic (exact) mass is 280 g/mol. The number of hydrogen-bond acceptors (Lipinski definition) is 2. The summed E-state index contributed by atoms with van der Waals surface area (Å²) in [6.45, 7) is 1.74. The maximum absolute atomic E-state index is 6.21. The molecule has 0 N–H and O–H groups in total. The Bertz CT molecular complexity index is 575. The van der Waals surface area contributed by atoms with Crippen molar-refractivity contribution in [2.45, 2.75) is 6.29 Å². The zero-order valence-electron chi connectivity index (χ0n) is 12.0. The summed E-state index contributed by atoms with van der Waals surface area (Å²) in [5, 5.41) is 0. The van der Waals surface area contributed by atoms with E-state index >= 15 is 0 Å². The molecule has 4 aliphatic carbocycles. The van der Waals surface area contributed by atoms with Gasteiger partial charge in [-0.1, -0.05) is 42.5 Å². The van der Waals surface area contributed by atoms with Crippen LogP contribution in [-0.4, -0.2) is 13.2 Å². The van der Waals surface area contributed by atoms with Gasteiger partial charge in [0.15, 0.2) is 6.29 Å². The van der Waals surface area contributed by atoms with E-state index in [1.807, 2.05) is 0 Å². The standard InChI is InChI=1S/C19H20O2/c1-2-4-10(5-3-1)19-20-8-13-11-6-7-12-14(9-21-19)18-16(12)15(11)17(13)18/h1-7,11-19H,8-9H2/t11-,12+,13+,14-,15-,16+,17-,18+,19?. The fraction of sp³-hybridized carbons (Fsp3) is 0.579. The molecule has 3 saturated carbocycles.